The van der Waals surface area contributed by atoms with Crippen LogP contribution < -0.4 is 5.11 Å². The van der Waals surface area contributed by atoms with Gasteiger partial charge in [0.1, 0.15) is 13.2 Å². The molecule has 90 heavy (non-hydrogen) atoms. The van der Waals surface area contributed by atoms with Crippen molar-refractivity contribution in [1.82, 2.24) is 0 Å². The third-order valence-electron chi connectivity index (χ3n) is 16.0. The van der Waals surface area contributed by atoms with Crippen LogP contribution in [0.15, 0.2) is 122 Å². The zero-order valence-corrected chi connectivity index (χ0v) is 59.0. The van der Waals surface area contributed by atoms with E-state index in [0.29, 0.717) is 17.4 Å². The molecule has 0 aromatic rings. The van der Waals surface area contributed by atoms with Gasteiger partial charge in [-0.25, -0.2) is 0 Å². The second kappa shape index (κ2) is 70.6. The second-order valence-electron chi connectivity index (χ2n) is 25.9. The van der Waals surface area contributed by atoms with Crippen molar-refractivity contribution in [2.45, 2.75) is 328 Å². The summed E-state index contributed by atoms with van der Waals surface area (Å²) in [5.74, 6) is -2.31. The monoisotopic (exact) mass is 1250 g/mol. The van der Waals surface area contributed by atoms with Gasteiger partial charge < -0.3 is 33.3 Å². The number of carboxylic acid groups (broad SMARTS) is 1. The molecule has 0 amide bonds. The van der Waals surface area contributed by atoms with Gasteiger partial charge in [-0.15, -0.1) is 0 Å². The topological polar surface area (TPSA) is 111 Å². The molecular weight excluding hydrogens is 1110 g/mol. The van der Waals surface area contributed by atoms with Gasteiger partial charge in [-0.3, -0.25) is 9.59 Å². The first-order valence-electron chi connectivity index (χ1n) is 37.2. The molecule has 0 aliphatic rings. The van der Waals surface area contributed by atoms with Gasteiger partial charge in [0.05, 0.1) is 40.3 Å². The van der Waals surface area contributed by atoms with E-state index in [2.05, 4.69) is 135 Å². The number of nitrogens with zero attached hydrogens (tertiary/aromatic N) is 1. The molecular formula is C81H139NO8. The molecule has 0 saturated carbocycles. The minimum absolute atomic E-state index is 0.138. The number of carbonyl (C=O) groups excluding carboxylic acids is 3. The van der Waals surface area contributed by atoms with Crippen molar-refractivity contribution in [3.8, 4) is 0 Å². The summed E-state index contributed by atoms with van der Waals surface area (Å²) in [6.07, 6.45) is 97.3. The van der Waals surface area contributed by atoms with Crippen molar-refractivity contribution in [1.29, 1.82) is 0 Å². The molecule has 0 bridgehead atoms. The molecule has 2 unspecified atom stereocenters. The van der Waals surface area contributed by atoms with E-state index in [9.17, 15) is 19.5 Å². The quantitative estimate of drug-likeness (QED) is 0.0195. The molecule has 2 atom stereocenters. The highest BCUT2D eigenvalue weighted by Gasteiger charge is 2.22. The van der Waals surface area contributed by atoms with E-state index in [4.69, 9.17) is 18.9 Å². The zero-order chi connectivity index (χ0) is 65.4. The smallest absolute Gasteiger partial charge is 0.306 e. The van der Waals surface area contributed by atoms with Crippen molar-refractivity contribution in [2.24, 2.45) is 0 Å². The lowest BCUT2D eigenvalue weighted by Crippen LogP contribution is -2.44. The molecule has 0 aromatic heterocycles. The summed E-state index contributed by atoms with van der Waals surface area (Å²) in [7, 11) is 5.92. The maximum Gasteiger partial charge on any atom is 0.306 e. The summed E-state index contributed by atoms with van der Waals surface area (Å²) in [6.45, 7) is 4.63. The Bertz CT molecular complexity index is 1900. The highest BCUT2D eigenvalue weighted by atomic mass is 16.7. The summed E-state index contributed by atoms with van der Waals surface area (Å²) < 4.78 is 22.8. The Morgan fingerprint density at radius 3 is 0.944 bits per heavy atom. The number of likely N-dealkylation sites (N-methyl/N-ethyl adjacent to an activating group) is 1. The van der Waals surface area contributed by atoms with Gasteiger partial charge in [0.25, 0.3) is 0 Å². The van der Waals surface area contributed by atoms with E-state index in [0.717, 1.165) is 109 Å². The molecule has 0 saturated heterocycles. The van der Waals surface area contributed by atoms with Crippen molar-refractivity contribution < 1.29 is 42.9 Å². The fourth-order valence-electron chi connectivity index (χ4n) is 10.3. The molecule has 0 rings (SSSR count). The average molecular weight is 1260 g/mol. The molecule has 0 aliphatic carbocycles. The number of hydrogen-bond donors (Lipinski definition) is 0. The Balaban J connectivity index is 4.17. The Hall–Kier alpha value is -4.31. The van der Waals surface area contributed by atoms with E-state index >= 15 is 0 Å². The number of allylic oxidation sites excluding steroid dienone is 20. The predicted octanol–water partition coefficient (Wildman–Crippen LogP) is 22.2. The molecule has 0 N–H and O–H groups in total. The molecule has 0 radical (unpaired) electrons. The highest BCUT2D eigenvalue weighted by molar-refractivity contribution is 5.70. The van der Waals surface area contributed by atoms with E-state index in [-0.39, 0.29) is 38.6 Å². The van der Waals surface area contributed by atoms with Crippen molar-refractivity contribution >= 4 is 17.9 Å². The van der Waals surface area contributed by atoms with E-state index < -0.39 is 24.3 Å². The molecule has 9 heteroatoms. The van der Waals surface area contributed by atoms with Crippen molar-refractivity contribution in [2.75, 3.05) is 47.5 Å². The minimum Gasteiger partial charge on any atom is -0.545 e. The highest BCUT2D eigenvalue weighted by Crippen LogP contribution is 2.18. The summed E-state index contributed by atoms with van der Waals surface area (Å²) in [5, 5.41) is 11.8. The second-order valence-corrected chi connectivity index (χ2v) is 25.9. The Morgan fingerprint density at radius 2 is 0.633 bits per heavy atom. The first-order chi connectivity index (χ1) is 44.1. The normalized spacial score (nSPS) is 13.4. The van der Waals surface area contributed by atoms with Crippen LogP contribution in [0.25, 0.3) is 0 Å². The fraction of sp³-hybridized carbons (Fsp3) is 0.716. The van der Waals surface area contributed by atoms with Crippen LogP contribution in [-0.4, -0.2) is 82.3 Å². The number of unbranched alkanes of at least 4 members (excludes halogenated alkanes) is 33. The molecule has 9 nitrogen and oxygen atoms in total. The number of ether oxygens (including phenoxy) is 4. The average Bonchev–Trinajstić information content (AvgIpc) is 3.73. The molecule has 0 aliphatic heterocycles. The van der Waals surface area contributed by atoms with Crippen LogP contribution in [0.1, 0.15) is 316 Å². The minimum atomic E-state index is -1.64. The molecule has 516 valence electrons. The first kappa shape index (κ1) is 85.7. The first-order valence-corrected chi connectivity index (χ1v) is 37.2. The molecule has 0 fully saturated rings. The fourth-order valence-corrected chi connectivity index (χ4v) is 10.3. The lowest BCUT2D eigenvalue weighted by molar-refractivity contribution is -0.870. The Kier molecular flexibility index (Phi) is 67.2. The van der Waals surface area contributed by atoms with Gasteiger partial charge in [0, 0.05) is 12.8 Å². The lowest BCUT2D eigenvalue weighted by atomic mass is 10.0. The maximum atomic E-state index is 12.9. The van der Waals surface area contributed by atoms with Gasteiger partial charge in [-0.05, 0) is 89.9 Å². The maximum absolute atomic E-state index is 12.9. The van der Waals surface area contributed by atoms with Crippen LogP contribution in [0.2, 0.25) is 0 Å². The standard InChI is InChI=1S/C81H139NO8/c1-6-8-10-12-14-16-18-20-22-24-26-28-30-32-34-36-38-39-40-41-42-44-46-48-50-52-54-56-58-60-62-64-66-68-70-72-79(84)90-77(76-89-81(80(85)86)87-74-73-82(3,4)5)75-88-78(83)71-69-67-65-63-61-59-57-55-53-51-49-47-45-43-37-35-33-31-29-27-25-23-21-19-17-15-13-11-9-7-2/h8,10,14,16,20,22,26,28,32,34,38-39,41-42,46,48,52,54,58,60,77,81H,6-7,9,11-13,15,17-19,21,23-25,27,29-31,33,35-37,40,43-45,47,49-51,53,55-57,59,61-76H2,1-5H3/b10-8-,16-14-,22-20-,28-26-,34-32-,39-38-,42-41-,48-46-,54-52-,60-58-. The van der Waals surface area contributed by atoms with Crippen molar-refractivity contribution in [3.63, 3.8) is 0 Å². The number of aliphatic carboxylic acids is 1. The van der Waals surface area contributed by atoms with E-state index in [1.54, 1.807) is 0 Å². The zero-order valence-electron chi connectivity index (χ0n) is 59.0. The van der Waals surface area contributed by atoms with Crippen LogP contribution in [0, 0.1) is 0 Å². The largest absolute Gasteiger partial charge is 0.545 e. The third-order valence-corrected chi connectivity index (χ3v) is 16.0. The molecule has 0 heterocycles. The number of rotatable bonds is 68. The molecule has 0 spiro atoms. The van der Waals surface area contributed by atoms with Crippen molar-refractivity contribution in [3.05, 3.63) is 122 Å². The Labute approximate surface area is 555 Å². The van der Waals surface area contributed by atoms with E-state index in [1.165, 1.54) is 173 Å². The predicted molar refractivity (Wildman–Crippen MR) is 384 cm³/mol. The van der Waals surface area contributed by atoms with Gasteiger partial charge >= 0.3 is 11.9 Å². The van der Waals surface area contributed by atoms with Gasteiger partial charge in [0.2, 0.25) is 0 Å². The number of quaternary nitrogens is 1. The van der Waals surface area contributed by atoms with Gasteiger partial charge in [-0.1, -0.05) is 334 Å². The lowest BCUT2D eigenvalue weighted by Gasteiger charge is -2.26. The summed E-state index contributed by atoms with van der Waals surface area (Å²) in [6, 6.07) is 0. The third kappa shape index (κ3) is 71.1. The summed E-state index contributed by atoms with van der Waals surface area (Å²) in [4.78, 5) is 37.5. The van der Waals surface area contributed by atoms with Crippen LogP contribution in [0.5, 0.6) is 0 Å². The number of carbonyl (C=O) groups is 3. The van der Waals surface area contributed by atoms with Crippen LogP contribution in [-0.2, 0) is 33.3 Å². The summed E-state index contributed by atoms with van der Waals surface area (Å²) >= 11 is 0. The van der Waals surface area contributed by atoms with Crippen LogP contribution in [0.4, 0.5) is 0 Å². The number of hydrogen-bond acceptors (Lipinski definition) is 8. The SMILES string of the molecule is CC/C=C\C/C=C\C/C=C\C/C=C\C/C=C\C/C=C\C/C=C\C/C=C\C/C=C\C/C=C\CCCCCCC(=O)OC(COC(=O)CCCCCCCCCCCCCCCCCCCCCCCCCCCCCCCC)COC(OCC[N+](C)(C)C)C(=O)[O-]. The number of carboxylic acids is 1. The Morgan fingerprint density at radius 1 is 0.344 bits per heavy atom. The molecule has 0 aromatic carbocycles. The van der Waals surface area contributed by atoms with E-state index in [1.807, 2.05) is 21.1 Å². The number of esters is 2. The van der Waals surface area contributed by atoms with Gasteiger partial charge in [0.15, 0.2) is 12.4 Å². The summed E-state index contributed by atoms with van der Waals surface area (Å²) in [5.41, 5.74) is 0. The van der Waals surface area contributed by atoms with Crippen LogP contribution >= 0.6 is 0 Å². The van der Waals surface area contributed by atoms with Gasteiger partial charge in [-0.2, -0.15) is 0 Å². The van der Waals surface area contributed by atoms with Crippen LogP contribution in [0.3, 0.4) is 0 Å².